The number of piperazine rings is 1. The van der Waals surface area contributed by atoms with Gasteiger partial charge in [0.05, 0.1) is 17.8 Å². The molecule has 1 amide bonds. The minimum absolute atomic E-state index is 0.166. The van der Waals surface area contributed by atoms with Gasteiger partial charge in [0, 0.05) is 69.7 Å². The molecule has 260 valence electrons. The highest BCUT2D eigenvalue weighted by atomic mass is 19.1. The van der Waals surface area contributed by atoms with Crippen molar-refractivity contribution >= 4 is 23.4 Å². The van der Waals surface area contributed by atoms with E-state index in [1.54, 1.807) is 51.1 Å². The zero-order chi connectivity index (χ0) is 34.5. The van der Waals surface area contributed by atoms with E-state index in [2.05, 4.69) is 36.1 Å². The van der Waals surface area contributed by atoms with Crippen molar-refractivity contribution in [1.82, 2.24) is 24.8 Å². The fourth-order valence-electron chi connectivity index (χ4n) is 6.37. The first kappa shape index (κ1) is 34.3. The molecule has 12 nitrogen and oxygen atoms in total. The van der Waals surface area contributed by atoms with Gasteiger partial charge in [-0.05, 0) is 70.0 Å². The highest BCUT2D eigenvalue weighted by Crippen LogP contribution is 2.30. The van der Waals surface area contributed by atoms with E-state index < -0.39 is 24.0 Å². The highest BCUT2D eigenvalue weighted by Gasteiger charge is 2.35. The molecular weight excluding hydrogens is 634 g/mol. The lowest BCUT2D eigenvalue weighted by molar-refractivity contribution is -0.0106. The molecule has 3 saturated heterocycles. The molecule has 0 saturated carbocycles. The minimum atomic E-state index is -1.46. The van der Waals surface area contributed by atoms with Crippen molar-refractivity contribution < 1.29 is 27.8 Å². The van der Waals surface area contributed by atoms with Crippen molar-refractivity contribution in [3.8, 4) is 23.2 Å². The summed E-state index contributed by atoms with van der Waals surface area (Å²) in [5, 5.41) is 12.9. The number of anilines is 3. The number of alkyl halides is 1. The summed E-state index contributed by atoms with van der Waals surface area (Å²) in [5.74, 6) is 0.379. The van der Waals surface area contributed by atoms with Crippen molar-refractivity contribution in [3.63, 3.8) is 0 Å². The number of hydrogen-bond donors (Lipinski definition) is 1. The Morgan fingerprint density at radius 3 is 2.51 bits per heavy atom. The molecule has 6 rings (SSSR count). The lowest BCUT2D eigenvalue weighted by atomic mass is 10.1. The maximum Gasteiger partial charge on any atom is 0.410 e. The molecule has 3 aliphatic rings. The lowest BCUT2D eigenvalue weighted by Gasteiger charge is -2.41. The van der Waals surface area contributed by atoms with Gasteiger partial charge in [0.1, 0.15) is 35.7 Å². The first-order valence-corrected chi connectivity index (χ1v) is 16.7. The first-order chi connectivity index (χ1) is 23.6. The predicted octanol–water partition coefficient (Wildman–Crippen LogP) is 5.32. The highest BCUT2D eigenvalue weighted by molar-refractivity contribution is 5.68. The van der Waals surface area contributed by atoms with Crippen LogP contribution in [0.4, 0.5) is 30.9 Å². The third-order valence-electron chi connectivity index (χ3n) is 8.91. The number of nitriles is 1. The second kappa shape index (κ2) is 14.9. The van der Waals surface area contributed by atoms with Crippen LogP contribution >= 0.6 is 0 Å². The fraction of sp³-hybridized carbons (Fsp3) is 0.514. The van der Waals surface area contributed by atoms with Gasteiger partial charge in [0.25, 0.3) is 0 Å². The first-order valence-electron chi connectivity index (χ1n) is 16.7. The molecule has 1 N–H and O–H groups in total. The molecule has 49 heavy (non-hydrogen) atoms. The molecule has 0 bridgehead atoms. The maximum absolute atomic E-state index is 15.3. The molecule has 4 heterocycles. The van der Waals surface area contributed by atoms with E-state index in [9.17, 15) is 10.1 Å². The molecule has 0 radical (unpaired) electrons. The van der Waals surface area contributed by atoms with Crippen LogP contribution in [0.25, 0.3) is 11.4 Å². The number of carbonyl (C=O) groups is 1. The molecule has 3 aliphatic heterocycles. The van der Waals surface area contributed by atoms with Crippen molar-refractivity contribution in [1.29, 1.82) is 5.26 Å². The number of aromatic nitrogens is 3. The van der Waals surface area contributed by atoms with Gasteiger partial charge in [-0.1, -0.05) is 0 Å². The number of hydrogen-bond acceptors (Lipinski definition) is 11. The SMILES string of the molecule is CC(C)(C)OC(=O)N1CCC(Oc2ccc(-c3ncnc(Nc4ccc(N5CCN(C6CCOCC6)CC5)c(F)c4)n3)cc2C#N)C(F)C1. The summed E-state index contributed by atoms with van der Waals surface area (Å²) in [6.07, 6.45) is 0.800. The number of rotatable bonds is 7. The van der Waals surface area contributed by atoms with Crippen molar-refractivity contribution in [2.24, 2.45) is 0 Å². The van der Waals surface area contributed by atoms with E-state index in [1.165, 1.54) is 17.3 Å². The second-order valence-electron chi connectivity index (χ2n) is 13.5. The number of halogens is 2. The van der Waals surface area contributed by atoms with Crippen LogP contribution in [0.2, 0.25) is 0 Å². The van der Waals surface area contributed by atoms with Crippen molar-refractivity contribution in [2.45, 2.75) is 64.0 Å². The number of likely N-dealkylation sites (tertiary alicyclic amines) is 1. The Hall–Kier alpha value is -4.61. The van der Waals surface area contributed by atoms with E-state index in [0.29, 0.717) is 23.0 Å². The van der Waals surface area contributed by atoms with Crippen LogP contribution in [0.1, 0.15) is 45.6 Å². The molecule has 2 aromatic carbocycles. The smallest absolute Gasteiger partial charge is 0.410 e. The van der Waals surface area contributed by atoms with Gasteiger partial charge in [-0.3, -0.25) is 4.90 Å². The topological polar surface area (TPSA) is 129 Å². The van der Waals surface area contributed by atoms with Crippen molar-refractivity contribution in [2.75, 3.05) is 62.7 Å². The van der Waals surface area contributed by atoms with Gasteiger partial charge < -0.3 is 29.3 Å². The standard InChI is InChI=1S/C35H42F2N8O4/c1-35(2,3)49-34(46)45-11-8-31(28(37)21-45)48-30-7-4-23(18-24(30)20-38)32-39-22-40-33(42-32)41-25-5-6-29(27(36)19-25)44-14-12-43(13-15-44)26-9-16-47-17-10-26/h4-7,18-19,22,26,28,31H,8-17,21H2,1-3H3,(H,39,40,41,42). The van der Waals surface area contributed by atoms with Gasteiger partial charge in [-0.2, -0.15) is 10.2 Å². The van der Waals surface area contributed by atoms with Crippen LogP contribution in [-0.2, 0) is 9.47 Å². The Bertz CT molecular complexity index is 1670. The third kappa shape index (κ3) is 8.52. The Kier molecular flexibility index (Phi) is 10.4. The maximum atomic E-state index is 15.3. The Balaban J connectivity index is 1.07. The number of ether oxygens (including phenoxy) is 3. The zero-order valence-corrected chi connectivity index (χ0v) is 28.1. The van der Waals surface area contributed by atoms with Crippen LogP contribution in [0.5, 0.6) is 5.75 Å². The zero-order valence-electron chi connectivity index (χ0n) is 28.1. The summed E-state index contributed by atoms with van der Waals surface area (Å²) in [6, 6.07) is 12.5. The summed E-state index contributed by atoms with van der Waals surface area (Å²) in [7, 11) is 0. The molecule has 0 aliphatic carbocycles. The summed E-state index contributed by atoms with van der Waals surface area (Å²) in [4.78, 5) is 31.2. The van der Waals surface area contributed by atoms with Gasteiger partial charge in [0.2, 0.25) is 5.95 Å². The number of nitrogens with zero attached hydrogens (tertiary/aromatic N) is 7. The van der Waals surface area contributed by atoms with Gasteiger partial charge in [-0.25, -0.2) is 23.5 Å². The Morgan fingerprint density at radius 1 is 1.04 bits per heavy atom. The number of piperidine rings is 1. The van der Waals surface area contributed by atoms with Crippen LogP contribution < -0.4 is 15.0 Å². The van der Waals surface area contributed by atoms with E-state index >= 15 is 8.78 Å². The monoisotopic (exact) mass is 676 g/mol. The van der Waals surface area contributed by atoms with Gasteiger partial charge >= 0.3 is 6.09 Å². The second-order valence-corrected chi connectivity index (χ2v) is 13.5. The molecule has 14 heteroatoms. The minimum Gasteiger partial charge on any atom is -0.486 e. The third-order valence-corrected chi connectivity index (χ3v) is 8.91. The number of benzene rings is 2. The van der Waals surface area contributed by atoms with E-state index in [0.717, 1.165) is 52.2 Å². The van der Waals surface area contributed by atoms with E-state index in [1.807, 2.05) is 0 Å². The van der Waals surface area contributed by atoms with Crippen LogP contribution in [-0.4, -0.2) is 107 Å². The van der Waals surface area contributed by atoms with Crippen LogP contribution in [0.15, 0.2) is 42.7 Å². The average molecular weight is 677 g/mol. The number of nitrogens with one attached hydrogen (secondary N) is 1. The number of amides is 1. The van der Waals surface area contributed by atoms with E-state index in [4.69, 9.17) is 14.2 Å². The Morgan fingerprint density at radius 2 is 1.82 bits per heavy atom. The van der Waals surface area contributed by atoms with Crippen LogP contribution in [0.3, 0.4) is 0 Å². The van der Waals surface area contributed by atoms with Gasteiger partial charge in [-0.15, -0.1) is 0 Å². The largest absolute Gasteiger partial charge is 0.486 e. The number of carbonyl (C=O) groups excluding carboxylic acids is 1. The van der Waals surface area contributed by atoms with Gasteiger partial charge in [0.15, 0.2) is 12.0 Å². The normalized spacial score (nSPS) is 20.8. The average Bonchev–Trinajstić information content (AvgIpc) is 3.09. The predicted molar refractivity (Wildman–Crippen MR) is 179 cm³/mol. The summed E-state index contributed by atoms with van der Waals surface area (Å²) in [6.45, 7) is 10.3. The summed E-state index contributed by atoms with van der Waals surface area (Å²) < 4.78 is 47.2. The molecule has 3 fully saturated rings. The lowest BCUT2D eigenvalue weighted by Crippen LogP contribution is -2.51. The summed E-state index contributed by atoms with van der Waals surface area (Å²) >= 11 is 0. The van der Waals surface area contributed by atoms with Crippen molar-refractivity contribution in [3.05, 3.63) is 54.1 Å². The molecule has 0 spiro atoms. The molecular formula is C35H42F2N8O4. The molecule has 2 unspecified atom stereocenters. The molecule has 3 aromatic rings. The molecule has 2 atom stereocenters. The Labute approximate surface area is 285 Å². The fourth-order valence-corrected chi connectivity index (χ4v) is 6.37. The van der Waals surface area contributed by atoms with E-state index in [-0.39, 0.29) is 48.4 Å². The quantitative estimate of drug-likeness (QED) is 0.349. The molecule has 1 aromatic heterocycles. The summed E-state index contributed by atoms with van der Waals surface area (Å²) in [5.41, 5.74) is 1.07. The van der Waals surface area contributed by atoms with Crippen LogP contribution in [0, 0.1) is 17.1 Å².